The number of benzene rings is 6. The van der Waals surface area contributed by atoms with Gasteiger partial charge in [0.25, 0.3) is 0 Å². The lowest BCUT2D eigenvalue weighted by molar-refractivity contribution is 0.0690. The highest BCUT2D eigenvalue weighted by molar-refractivity contribution is 6.04. The predicted octanol–water partition coefficient (Wildman–Crippen LogP) is 8.54. The molecule has 48 heavy (non-hydrogen) atoms. The number of rotatable bonds is 8. The first kappa shape index (κ1) is 32.6. The summed E-state index contributed by atoms with van der Waals surface area (Å²) in [5.74, 6) is -2.49. The van der Waals surface area contributed by atoms with Gasteiger partial charge in [-0.05, 0) is 76.9 Å². The second-order valence-electron chi connectivity index (χ2n) is 10.3. The van der Waals surface area contributed by atoms with Crippen LogP contribution in [-0.4, -0.2) is 34.1 Å². The van der Waals surface area contributed by atoms with E-state index in [0.717, 1.165) is 11.1 Å². The van der Waals surface area contributed by atoms with E-state index >= 15 is 0 Å². The zero-order valence-electron chi connectivity index (χ0n) is 25.4. The van der Waals surface area contributed by atoms with Gasteiger partial charge in [0.15, 0.2) is 0 Å². The number of carboxylic acid groups (broad SMARTS) is 2. The predicted molar refractivity (Wildman–Crippen MR) is 180 cm³/mol. The minimum Gasteiger partial charge on any atom is -0.478 e. The molecule has 0 saturated heterocycles. The molecule has 0 bridgehead atoms. The average molecular weight is 637 g/mol. The van der Waals surface area contributed by atoms with E-state index < -0.39 is 23.9 Å². The number of hydrogen-bond donors (Lipinski definition) is 2. The number of carbonyl (C=O) groups excluding carboxylic acids is 2. The lowest BCUT2D eigenvalue weighted by Gasteiger charge is -2.13. The summed E-state index contributed by atoms with van der Waals surface area (Å²) in [6.07, 6.45) is 0. The lowest BCUT2D eigenvalue weighted by Crippen LogP contribution is -2.12. The molecule has 0 fully saturated rings. The van der Waals surface area contributed by atoms with Crippen LogP contribution in [0.1, 0.15) is 41.4 Å². The molecule has 0 aliphatic rings. The summed E-state index contributed by atoms with van der Waals surface area (Å²) in [5.41, 5.74) is 2.94. The van der Waals surface area contributed by atoms with Crippen LogP contribution in [0.2, 0.25) is 0 Å². The van der Waals surface area contributed by atoms with Gasteiger partial charge in [0.2, 0.25) is 0 Å². The van der Waals surface area contributed by atoms with Crippen molar-refractivity contribution in [2.75, 3.05) is 0 Å². The van der Waals surface area contributed by atoms with Crippen LogP contribution in [0.5, 0.6) is 11.5 Å². The van der Waals surface area contributed by atoms with Gasteiger partial charge in [-0.2, -0.15) is 0 Å². The molecule has 0 amide bonds. The molecule has 6 aromatic carbocycles. The summed E-state index contributed by atoms with van der Waals surface area (Å²) in [7, 11) is 0. The fraction of sp³-hybridized carbons (Fsp3) is 0. The Kier molecular flexibility index (Phi) is 10.5. The van der Waals surface area contributed by atoms with Crippen LogP contribution in [0.3, 0.4) is 0 Å². The maximum Gasteiger partial charge on any atom is 0.343 e. The number of carbonyl (C=O) groups is 4. The molecule has 0 aliphatic carbocycles. The normalized spacial score (nSPS) is 10.2. The molecule has 8 heteroatoms. The number of esters is 2. The smallest absolute Gasteiger partial charge is 0.343 e. The van der Waals surface area contributed by atoms with Crippen molar-refractivity contribution >= 4 is 23.9 Å². The van der Waals surface area contributed by atoms with E-state index in [1.807, 2.05) is 48.5 Å². The van der Waals surface area contributed by atoms with Gasteiger partial charge in [0.1, 0.15) is 11.5 Å². The fourth-order valence-corrected chi connectivity index (χ4v) is 4.75. The third-order valence-electron chi connectivity index (χ3n) is 7.03. The van der Waals surface area contributed by atoms with Crippen molar-refractivity contribution in [3.05, 3.63) is 180 Å². The van der Waals surface area contributed by atoms with Gasteiger partial charge in [0.05, 0.1) is 22.3 Å². The first-order valence-electron chi connectivity index (χ1n) is 14.7. The Balaban J connectivity index is 0.000000188. The molecule has 0 saturated carbocycles. The van der Waals surface area contributed by atoms with Gasteiger partial charge in [0, 0.05) is 0 Å². The first-order valence-corrected chi connectivity index (χ1v) is 14.7. The molecule has 0 spiro atoms. The summed E-state index contributed by atoms with van der Waals surface area (Å²) in [6, 6.07) is 44.8. The lowest BCUT2D eigenvalue weighted by atomic mass is 9.90. The second kappa shape index (κ2) is 15.5. The molecular weight excluding hydrogens is 608 g/mol. The third-order valence-corrected chi connectivity index (χ3v) is 7.03. The standard InChI is InChI=1S/2C20H14O4/c21-19(23-17-10-3-1-4-11-17)15-8-7-9-16(14-15)20(22)24-18-12-5-2-6-13-18;21-19(22)17-12-18(20(23)24)16(14-9-5-2-6-10-14)11-15(17)13-7-3-1-4-8-13/h1-14H;1-12H,(H,21,22)(H,23,24). The highest BCUT2D eigenvalue weighted by atomic mass is 16.5. The van der Waals surface area contributed by atoms with Gasteiger partial charge in [-0.25, -0.2) is 19.2 Å². The van der Waals surface area contributed by atoms with Crippen molar-refractivity contribution in [3.63, 3.8) is 0 Å². The summed E-state index contributed by atoms with van der Waals surface area (Å²) in [4.78, 5) is 47.6. The van der Waals surface area contributed by atoms with Crippen molar-refractivity contribution in [3.8, 4) is 33.8 Å². The Hall–Kier alpha value is -6.80. The Morgan fingerprint density at radius 1 is 0.396 bits per heavy atom. The Bertz CT molecular complexity index is 1900. The molecule has 8 nitrogen and oxygen atoms in total. The number of para-hydroxylation sites is 2. The van der Waals surface area contributed by atoms with Crippen LogP contribution in [0.25, 0.3) is 22.3 Å². The van der Waals surface area contributed by atoms with E-state index in [1.54, 1.807) is 97.1 Å². The highest BCUT2D eigenvalue weighted by Gasteiger charge is 2.20. The topological polar surface area (TPSA) is 127 Å². The van der Waals surface area contributed by atoms with E-state index in [1.165, 1.54) is 12.1 Å². The monoisotopic (exact) mass is 636 g/mol. The molecule has 236 valence electrons. The Morgan fingerprint density at radius 3 is 1.10 bits per heavy atom. The molecule has 0 aliphatic heterocycles. The minimum absolute atomic E-state index is 0.0294. The van der Waals surface area contributed by atoms with Gasteiger partial charge in [-0.1, -0.05) is 103 Å². The molecule has 6 rings (SSSR count). The first-order chi connectivity index (χ1) is 23.3. The summed E-state index contributed by atoms with van der Waals surface area (Å²) < 4.78 is 10.5. The number of aromatic carboxylic acids is 2. The van der Waals surface area contributed by atoms with E-state index in [2.05, 4.69) is 0 Å². The molecule has 0 unspecified atom stereocenters. The maximum atomic E-state index is 12.2. The van der Waals surface area contributed by atoms with Crippen molar-refractivity contribution in [2.24, 2.45) is 0 Å². The van der Waals surface area contributed by atoms with E-state index in [4.69, 9.17) is 9.47 Å². The van der Waals surface area contributed by atoms with Crippen molar-refractivity contribution in [2.45, 2.75) is 0 Å². The molecular formula is C40H28O8. The summed E-state index contributed by atoms with van der Waals surface area (Å²) in [5, 5.41) is 19.0. The number of ether oxygens (including phenoxy) is 2. The third kappa shape index (κ3) is 8.26. The zero-order chi connectivity index (χ0) is 33.9. The van der Waals surface area contributed by atoms with Crippen molar-refractivity contribution in [1.29, 1.82) is 0 Å². The maximum absolute atomic E-state index is 12.2. The molecule has 2 N–H and O–H groups in total. The fourth-order valence-electron chi connectivity index (χ4n) is 4.75. The molecule has 0 atom stereocenters. The molecule has 0 radical (unpaired) electrons. The van der Waals surface area contributed by atoms with Gasteiger partial charge >= 0.3 is 23.9 Å². The summed E-state index contributed by atoms with van der Waals surface area (Å²) in [6.45, 7) is 0. The minimum atomic E-state index is -1.16. The van der Waals surface area contributed by atoms with Crippen LogP contribution < -0.4 is 9.47 Å². The molecule has 6 aromatic rings. The summed E-state index contributed by atoms with van der Waals surface area (Å²) >= 11 is 0. The van der Waals surface area contributed by atoms with Gasteiger partial charge < -0.3 is 19.7 Å². The van der Waals surface area contributed by atoms with Crippen LogP contribution in [0.4, 0.5) is 0 Å². The van der Waals surface area contributed by atoms with Gasteiger partial charge in [-0.3, -0.25) is 0 Å². The van der Waals surface area contributed by atoms with Gasteiger partial charge in [-0.15, -0.1) is 0 Å². The largest absolute Gasteiger partial charge is 0.478 e. The van der Waals surface area contributed by atoms with Crippen LogP contribution in [0.15, 0.2) is 158 Å². The SMILES string of the molecule is O=C(O)c1cc(C(=O)O)c(-c2ccccc2)cc1-c1ccccc1.O=C(Oc1ccccc1)c1cccc(C(=O)Oc2ccccc2)c1. The Morgan fingerprint density at radius 2 is 0.750 bits per heavy atom. The van der Waals surface area contributed by atoms with Crippen LogP contribution in [0, 0.1) is 0 Å². The highest BCUT2D eigenvalue weighted by Crippen LogP contribution is 2.33. The van der Waals surface area contributed by atoms with E-state index in [-0.39, 0.29) is 22.3 Å². The second-order valence-corrected chi connectivity index (χ2v) is 10.3. The van der Waals surface area contributed by atoms with Crippen LogP contribution >= 0.6 is 0 Å². The zero-order valence-corrected chi connectivity index (χ0v) is 25.4. The van der Waals surface area contributed by atoms with E-state index in [0.29, 0.717) is 22.6 Å². The van der Waals surface area contributed by atoms with Crippen molar-refractivity contribution in [1.82, 2.24) is 0 Å². The van der Waals surface area contributed by atoms with Crippen molar-refractivity contribution < 1.29 is 38.9 Å². The van der Waals surface area contributed by atoms with Crippen LogP contribution in [-0.2, 0) is 0 Å². The quantitative estimate of drug-likeness (QED) is 0.126. The van der Waals surface area contributed by atoms with E-state index in [9.17, 15) is 29.4 Å². The molecule has 0 aromatic heterocycles. The number of hydrogen-bond acceptors (Lipinski definition) is 6. The molecule has 0 heterocycles. The number of carboxylic acids is 2. The average Bonchev–Trinajstić information content (AvgIpc) is 3.13. The Labute approximate surface area is 276 Å².